The predicted molar refractivity (Wildman–Crippen MR) is 52.0 cm³/mol. The van der Waals surface area contributed by atoms with Crippen molar-refractivity contribution >= 4 is 0 Å². The largest absolute Gasteiger partial charge is 0.379 e. The van der Waals surface area contributed by atoms with E-state index in [2.05, 4.69) is 20.8 Å². The van der Waals surface area contributed by atoms with Crippen LogP contribution >= 0.6 is 0 Å². The Kier molecular flexibility index (Phi) is 9.92. The molecule has 0 aromatic rings. The van der Waals surface area contributed by atoms with Gasteiger partial charge in [0.15, 0.2) is 0 Å². The van der Waals surface area contributed by atoms with Crippen LogP contribution in [0.15, 0.2) is 0 Å². The number of ether oxygens (including phenoxy) is 1. The Morgan fingerprint density at radius 1 is 1.18 bits per heavy atom. The highest BCUT2D eigenvalue weighted by Crippen LogP contribution is 2.19. The van der Waals surface area contributed by atoms with E-state index in [0.29, 0.717) is 0 Å². The second-order valence-corrected chi connectivity index (χ2v) is 2.76. The first-order chi connectivity index (χ1) is 5.18. The van der Waals surface area contributed by atoms with Crippen LogP contribution in [0.1, 0.15) is 53.9 Å². The lowest BCUT2D eigenvalue weighted by atomic mass is 9.97. The van der Waals surface area contributed by atoms with Gasteiger partial charge in [0.05, 0.1) is 5.60 Å². The molecule has 0 radical (unpaired) electrons. The zero-order valence-electron chi connectivity index (χ0n) is 9.03. The van der Waals surface area contributed by atoms with E-state index in [1.165, 1.54) is 12.8 Å². The summed E-state index contributed by atoms with van der Waals surface area (Å²) in [6.45, 7) is 10.5. The van der Waals surface area contributed by atoms with Crippen LogP contribution in [0.4, 0.5) is 0 Å². The summed E-state index contributed by atoms with van der Waals surface area (Å²) in [7, 11) is 1.79. The van der Waals surface area contributed by atoms with E-state index in [4.69, 9.17) is 4.74 Å². The molecule has 0 spiro atoms. The lowest BCUT2D eigenvalue weighted by Crippen LogP contribution is -2.25. The van der Waals surface area contributed by atoms with Gasteiger partial charge in [0.1, 0.15) is 0 Å². The van der Waals surface area contributed by atoms with E-state index in [0.717, 1.165) is 6.42 Å². The van der Waals surface area contributed by atoms with Gasteiger partial charge in [-0.15, -0.1) is 0 Å². The van der Waals surface area contributed by atoms with Crippen molar-refractivity contribution in [1.29, 1.82) is 0 Å². The van der Waals surface area contributed by atoms with Gasteiger partial charge in [-0.2, -0.15) is 0 Å². The Balaban J connectivity index is 0. The predicted octanol–water partition coefficient (Wildman–Crippen LogP) is 3.63. The third kappa shape index (κ3) is 6.36. The van der Waals surface area contributed by atoms with Crippen molar-refractivity contribution in [1.82, 2.24) is 0 Å². The average Bonchev–Trinajstić information content (AvgIpc) is 2.08. The van der Waals surface area contributed by atoms with Gasteiger partial charge in [0.2, 0.25) is 0 Å². The number of methoxy groups -OCH3 is 1. The first-order valence-corrected chi connectivity index (χ1v) is 4.73. The van der Waals surface area contributed by atoms with E-state index in [9.17, 15) is 0 Å². The van der Waals surface area contributed by atoms with Crippen LogP contribution in [0, 0.1) is 0 Å². The maximum Gasteiger partial charge on any atom is 0.0648 e. The van der Waals surface area contributed by atoms with Gasteiger partial charge < -0.3 is 4.74 Å². The lowest BCUT2D eigenvalue weighted by Gasteiger charge is -2.25. The summed E-state index contributed by atoms with van der Waals surface area (Å²) in [5, 5.41) is 0. The maximum atomic E-state index is 5.33. The summed E-state index contributed by atoms with van der Waals surface area (Å²) in [5.41, 5.74) is 0.134. The molecule has 1 unspecified atom stereocenters. The van der Waals surface area contributed by atoms with Crippen LogP contribution in [0.2, 0.25) is 0 Å². The van der Waals surface area contributed by atoms with Gasteiger partial charge in [0.25, 0.3) is 0 Å². The van der Waals surface area contributed by atoms with Gasteiger partial charge >= 0.3 is 0 Å². The molecule has 11 heavy (non-hydrogen) atoms. The fourth-order valence-electron chi connectivity index (χ4n) is 0.952. The quantitative estimate of drug-likeness (QED) is 0.610. The summed E-state index contributed by atoms with van der Waals surface area (Å²) in [5.74, 6) is 0. The Morgan fingerprint density at radius 2 is 1.64 bits per heavy atom. The molecule has 0 aliphatic carbocycles. The summed E-state index contributed by atoms with van der Waals surface area (Å²) in [6, 6.07) is 0. The van der Waals surface area contributed by atoms with Crippen molar-refractivity contribution in [2.75, 3.05) is 7.11 Å². The zero-order chi connectivity index (χ0) is 9.33. The topological polar surface area (TPSA) is 9.23 Å². The molecule has 70 valence electrons. The van der Waals surface area contributed by atoms with Gasteiger partial charge in [0, 0.05) is 7.11 Å². The third-order valence-electron chi connectivity index (χ3n) is 2.02. The van der Waals surface area contributed by atoms with Gasteiger partial charge in [-0.3, -0.25) is 0 Å². The summed E-state index contributed by atoms with van der Waals surface area (Å²) < 4.78 is 5.33. The molecular formula is C10H24O. The molecule has 0 amide bonds. The number of rotatable bonds is 4. The molecule has 0 rings (SSSR count). The molecule has 0 heterocycles. The van der Waals surface area contributed by atoms with Gasteiger partial charge in [-0.1, -0.05) is 34.1 Å². The molecule has 0 saturated carbocycles. The molecule has 1 heteroatoms. The van der Waals surface area contributed by atoms with E-state index in [1.807, 2.05) is 13.8 Å². The Hall–Kier alpha value is -0.0400. The molecular weight excluding hydrogens is 136 g/mol. The molecule has 0 N–H and O–H groups in total. The molecule has 1 atom stereocenters. The highest BCUT2D eigenvalue weighted by atomic mass is 16.5. The van der Waals surface area contributed by atoms with Crippen molar-refractivity contribution in [3.05, 3.63) is 0 Å². The molecule has 1 nitrogen and oxygen atoms in total. The highest BCUT2D eigenvalue weighted by molar-refractivity contribution is 4.70. The average molecular weight is 160 g/mol. The van der Waals surface area contributed by atoms with Crippen LogP contribution in [0.25, 0.3) is 0 Å². The molecule has 0 bridgehead atoms. The smallest absolute Gasteiger partial charge is 0.0648 e. The monoisotopic (exact) mass is 160 g/mol. The van der Waals surface area contributed by atoms with Gasteiger partial charge in [-0.05, 0) is 19.8 Å². The van der Waals surface area contributed by atoms with Crippen LogP contribution in [0.5, 0.6) is 0 Å². The van der Waals surface area contributed by atoms with Crippen molar-refractivity contribution in [3.63, 3.8) is 0 Å². The van der Waals surface area contributed by atoms with E-state index >= 15 is 0 Å². The Bertz CT molecular complexity index is 65.3. The second kappa shape index (κ2) is 8.06. The minimum absolute atomic E-state index is 0.134. The standard InChI is InChI=1S/C8H18O.C2H6/c1-5-7-8(3,6-2)9-4;1-2/h5-7H2,1-4H3;1-2H3. The van der Waals surface area contributed by atoms with Crippen LogP contribution in [-0.2, 0) is 4.74 Å². The fourth-order valence-corrected chi connectivity index (χ4v) is 0.952. The first-order valence-electron chi connectivity index (χ1n) is 4.73. The maximum absolute atomic E-state index is 5.33. The van der Waals surface area contributed by atoms with Crippen molar-refractivity contribution < 1.29 is 4.74 Å². The highest BCUT2D eigenvalue weighted by Gasteiger charge is 2.18. The summed E-state index contributed by atoms with van der Waals surface area (Å²) >= 11 is 0. The third-order valence-corrected chi connectivity index (χ3v) is 2.02. The normalized spacial score (nSPS) is 14.7. The van der Waals surface area contributed by atoms with Gasteiger partial charge in [-0.25, -0.2) is 0 Å². The molecule has 0 aliphatic heterocycles. The molecule has 0 aliphatic rings. The Morgan fingerprint density at radius 3 is 1.73 bits per heavy atom. The SMILES string of the molecule is CC.CCCC(C)(CC)OC. The van der Waals surface area contributed by atoms with Crippen molar-refractivity contribution in [3.8, 4) is 0 Å². The fraction of sp³-hybridized carbons (Fsp3) is 1.00. The van der Waals surface area contributed by atoms with Crippen LogP contribution in [0.3, 0.4) is 0 Å². The minimum Gasteiger partial charge on any atom is -0.379 e. The summed E-state index contributed by atoms with van der Waals surface area (Å²) in [4.78, 5) is 0. The van der Waals surface area contributed by atoms with E-state index < -0.39 is 0 Å². The van der Waals surface area contributed by atoms with Crippen LogP contribution < -0.4 is 0 Å². The van der Waals surface area contributed by atoms with Crippen LogP contribution in [-0.4, -0.2) is 12.7 Å². The zero-order valence-corrected chi connectivity index (χ0v) is 9.03. The summed E-state index contributed by atoms with van der Waals surface area (Å²) in [6.07, 6.45) is 3.48. The minimum atomic E-state index is 0.134. The molecule has 0 fully saturated rings. The molecule has 0 aromatic carbocycles. The lowest BCUT2D eigenvalue weighted by molar-refractivity contribution is -0.00473. The number of hydrogen-bond acceptors (Lipinski definition) is 1. The Labute approximate surface area is 72.1 Å². The first kappa shape index (κ1) is 13.5. The van der Waals surface area contributed by atoms with Crippen molar-refractivity contribution in [2.24, 2.45) is 0 Å². The molecule has 0 aromatic heterocycles. The number of hydrogen-bond donors (Lipinski definition) is 0. The van der Waals surface area contributed by atoms with Crippen molar-refractivity contribution in [2.45, 2.75) is 59.5 Å². The second-order valence-electron chi connectivity index (χ2n) is 2.76. The molecule has 0 saturated heterocycles. The van der Waals surface area contributed by atoms with E-state index in [1.54, 1.807) is 7.11 Å². The van der Waals surface area contributed by atoms with E-state index in [-0.39, 0.29) is 5.60 Å².